The third-order valence-electron chi connectivity index (χ3n) is 3.86. The molecule has 0 aliphatic heterocycles. The summed E-state index contributed by atoms with van der Waals surface area (Å²) in [6, 6.07) is 0.683. The lowest BCUT2D eigenvalue weighted by molar-refractivity contribution is 0.114. The van der Waals surface area contributed by atoms with E-state index >= 15 is 0 Å². The van der Waals surface area contributed by atoms with Crippen LogP contribution in [0.5, 0.6) is 0 Å². The maximum atomic E-state index is 5.78. The highest BCUT2D eigenvalue weighted by molar-refractivity contribution is 7.09. The number of thiazole rings is 1. The predicted molar refractivity (Wildman–Crippen MR) is 92.4 cm³/mol. The van der Waals surface area contributed by atoms with Gasteiger partial charge in [-0.3, -0.25) is 4.90 Å². The van der Waals surface area contributed by atoms with E-state index in [9.17, 15) is 0 Å². The number of ether oxygens (including phenoxy) is 1. The van der Waals surface area contributed by atoms with Crippen LogP contribution in [0.25, 0.3) is 0 Å². The molecule has 1 rings (SSSR count). The largest absolute Gasteiger partial charge is 0.383 e. The van der Waals surface area contributed by atoms with Crippen molar-refractivity contribution in [2.75, 3.05) is 26.8 Å². The third-order valence-corrected chi connectivity index (χ3v) is 5.09. The maximum Gasteiger partial charge on any atom is 0.0928 e. The molecule has 1 aromatic heterocycles. The quantitative estimate of drug-likeness (QED) is 0.420. The van der Waals surface area contributed by atoms with Gasteiger partial charge in [-0.05, 0) is 38.6 Å². The molecule has 0 bridgehead atoms. The number of unbranched alkanes of at least 4 members (excludes halogenated alkanes) is 1. The molecule has 5 heteroatoms. The molecule has 122 valence electrons. The molecule has 0 N–H and O–H groups in total. The zero-order chi connectivity index (χ0) is 15.5. The van der Waals surface area contributed by atoms with Gasteiger partial charge in [-0.1, -0.05) is 13.8 Å². The van der Waals surface area contributed by atoms with Gasteiger partial charge in [0.25, 0.3) is 0 Å². The van der Waals surface area contributed by atoms with Crippen molar-refractivity contribution in [1.29, 1.82) is 0 Å². The first-order valence-electron chi connectivity index (χ1n) is 7.97. The van der Waals surface area contributed by atoms with E-state index in [1.807, 2.05) is 0 Å². The molecule has 3 nitrogen and oxygen atoms in total. The summed E-state index contributed by atoms with van der Waals surface area (Å²) >= 11 is 7.52. The Hall–Kier alpha value is -0.160. The summed E-state index contributed by atoms with van der Waals surface area (Å²) < 4.78 is 5.24. The fourth-order valence-corrected chi connectivity index (χ4v) is 3.68. The van der Waals surface area contributed by atoms with Crippen molar-refractivity contribution in [2.45, 2.75) is 57.9 Å². The SMILES string of the molecule is CCC(CC)N(CCCCc1nc(CCl)cs1)CCOC. The van der Waals surface area contributed by atoms with E-state index in [0.717, 1.165) is 31.8 Å². The van der Waals surface area contributed by atoms with Crippen LogP contribution in [-0.4, -0.2) is 42.7 Å². The Bertz CT molecular complexity index is 369. The average Bonchev–Trinajstić information content (AvgIpc) is 2.97. The number of aryl methyl sites for hydroxylation is 1. The molecule has 0 atom stereocenters. The second-order valence-electron chi connectivity index (χ2n) is 5.32. The number of halogens is 1. The van der Waals surface area contributed by atoms with Gasteiger partial charge in [0.2, 0.25) is 0 Å². The highest BCUT2D eigenvalue weighted by Crippen LogP contribution is 2.15. The fourth-order valence-electron chi connectivity index (χ4n) is 2.61. The lowest BCUT2D eigenvalue weighted by Crippen LogP contribution is -2.37. The van der Waals surface area contributed by atoms with Crippen molar-refractivity contribution in [3.8, 4) is 0 Å². The molecule has 0 saturated heterocycles. The van der Waals surface area contributed by atoms with E-state index in [0.29, 0.717) is 11.9 Å². The minimum atomic E-state index is 0.524. The molecule has 1 aromatic rings. The van der Waals surface area contributed by atoms with Gasteiger partial charge in [0.05, 0.1) is 23.2 Å². The molecule has 0 radical (unpaired) electrons. The standard InChI is InChI=1S/C16H29ClN2OS/c1-4-15(5-2)19(10-11-20-3)9-7-6-8-16-18-14(12-17)13-21-16/h13,15H,4-12H2,1-3H3. The molecular weight excluding hydrogens is 304 g/mol. The summed E-state index contributed by atoms with van der Waals surface area (Å²) in [7, 11) is 1.78. The van der Waals surface area contributed by atoms with Gasteiger partial charge in [0.15, 0.2) is 0 Å². The third kappa shape index (κ3) is 7.09. The lowest BCUT2D eigenvalue weighted by Gasteiger charge is -2.30. The topological polar surface area (TPSA) is 25.4 Å². The zero-order valence-electron chi connectivity index (χ0n) is 13.6. The smallest absolute Gasteiger partial charge is 0.0928 e. The number of aromatic nitrogens is 1. The molecule has 0 spiro atoms. The van der Waals surface area contributed by atoms with Crippen molar-refractivity contribution in [3.05, 3.63) is 16.1 Å². The van der Waals surface area contributed by atoms with Crippen LogP contribution >= 0.6 is 22.9 Å². The van der Waals surface area contributed by atoms with E-state index in [1.54, 1.807) is 18.4 Å². The first-order chi connectivity index (χ1) is 10.2. The van der Waals surface area contributed by atoms with Gasteiger partial charge in [-0.25, -0.2) is 4.98 Å². The Morgan fingerprint density at radius 1 is 1.29 bits per heavy atom. The van der Waals surface area contributed by atoms with Crippen LogP contribution < -0.4 is 0 Å². The van der Waals surface area contributed by atoms with Gasteiger partial charge < -0.3 is 4.74 Å². The second kappa shape index (κ2) is 11.4. The second-order valence-corrected chi connectivity index (χ2v) is 6.53. The Kier molecular flexibility index (Phi) is 10.3. The van der Waals surface area contributed by atoms with Gasteiger partial charge in [0.1, 0.15) is 0 Å². The van der Waals surface area contributed by atoms with Crippen LogP contribution in [0.15, 0.2) is 5.38 Å². The van der Waals surface area contributed by atoms with Crippen LogP contribution in [0.2, 0.25) is 0 Å². The van der Waals surface area contributed by atoms with E-state index < -0.39 is 0 Å². The van der Waals surface area contributed by atoms with Crippen LogP contribution in [0.3, 0.4) is 0 Å². The van der Waals surface area contributed by atoms with Gasteiger partial charge in [-0.15, -0.1) is 22.9 Å². The number of hydrogen-bond donors (Lipinski definition) is 0. The van der Waals surface area contributed by atoms with Crippen LogP contribution in [0.1, 0.15) is 50.2 Å². The fraction of sp³-hybridized carbons (Fsp3) is 0.812. The Labute approximate surface area is 138 Å². The highest BCUT2D eigenvalue weighted by Gasteiger charge is 2.14. The molecule has 0 amide bonds. The Morgan fingerprint density at radius 2 is 2.05 bits per heavy atom. The normalized spacial score (nSPS) is 11.7. The van der Waals surface area contributed by atoms with E-state index in [2.05, 4.69) is 29.1 Å². The van der Waals surface area contributed by atoms with Crippen LogP contribution in [-0.2, 0) is 17.0 Å². The summed E-state index contributed by atoms with van der Waals surface area (Å²) in [5, 5.41) is 3.29. The summed E-state index contributed by atoms with van der Waals surface area (Å²) in [5.74, 6) is 0.524. The summed E-state index contributed by atoms with van der Waals surface area (Å²) in [5.41, 5.74) is 1.01. The minimum Gasteiger partial charge on any atom is -0.383 e. The van der Waals surface area contributed by atoms with Gasteiger partial charge >= 0.3 is 0 Å². The molecular formula is C16H29ClN2OS. The number of rotatable bonds is 12. The molecule has 1 heterocycles. The summed E-state index contributed by atoms with van der Waals surface area (Å²) in [6.07, 6.45) is 5.91. The van der Waals surface area contributed by atoms with Crippen molar-refractivity contribution >= 4 is 22.9 Å². The maximum absolute atomic E-state index is 5.78. The summed E-state index contributed by atoms with van der Waals surface area (Å²) in [6.45, 7) is 7.57. The van der Waals surface area contributed by atoms with Crippen molar-refractivity contribution in [2.24, 2.45) is 0 Å². The number of methoxy groups -OCH3 is 1. The molecule has 0 saturated carbocycles. The van der Waals surface area contributed by atoms with Gasteiger partial charge in [-0.2, -0.15) is 0 Å². The first kappa shape index (κ1) is 18.9. The van der Waals surface area contributed by atoms with Crippen molar-refractivity contribution < 1.29 is 4.74 Å². The number of hydrogen-bond acceptors (Lipinski definition) is 4. The van der Waals surface area contributed by atoms with Crippen molar-refractivity contribution in [3.63, 3.8) is 0 Å². The molecule has 0 fully saturated rings. The van der Waals surface area contributed by atoms with Gasteiger partial charge in [0, 0.05) is 25.1 Å². The molecule has 0 aliphatic rings. The average molecular weight is 333 g/mol. The Balaban J connectivity index is 2.31. The molecule has 0 aliphatic carbocycles. The van der Waals surface area contributed by atoms with E-state index in [1.165, 1.54) is 30.7 Å². The molecule has 0 aromatic carbocycles. The molecule has 21 heavy (non-hydrogen) atoms. The monoisotopic (exact) mass is 332 g/mol. The lowest BCUT2D eigenvalue weighted by atomic mass is 10.1. The number of nitrogens with zero attached hydrogens (tertiary/aromatic N) is 2. The zero-order valence-corrected chi connectivity index (χ0v) is 15.2. The Morgan fingerprint density at radius 3 is 2.62 bits per heavy atom. The van der Waals surface area contributed by atoms with Crippen LogP contribution in [0.4, 0.5) is 0 Å². The van der Waals surface area contributed by atoms with E-state index in [-0.39, 0.29) is 0 Å². The summed E-state index contributed by atoms with van der Waals surface area (Å²) in [4.78, 5) is 7.09. The van der Waals surface area contributed by atoms with Crippen molar-refractivity contribution in [1.82, 2.24) is 9.88 Å². The molecule has 0 unspecified atom stereocenters. The first-order valence-corrected chi connectivity index (χ1v) is 9.38. The predicted octanol–water partition coefficient (Wildman–Crippen LogP) is 4.34. The van der Waals surface area contributed by atoms with E-state index in [4.69, 9.17) is 16.3 Å². The van der Waals surface area contributed by atoms with Crippen LogP contribution in [0, 0.1) is 0 Å². The minimum absolute atomic E-state index is 0.524. The number of alkyl halides is 1. The highest BCUT2D eigenvalue weighted by atomic mass is 35.5.